The third-order valence-corrected chi connectivity index (χ3v) is 4.72. The Morgan fingerprint density at radius 1 is 1.39 bits per heavy atom. The summed E-state index contributed by atoms with van der Waals surface area (Å²) in [7, 11) is 0. The van der Waals surface area contributed by atoms with E-state index in [0.717, 1.165) is 34.9 Å². The largest absolute Gasteiger partial charge is 0.465 e. The van der Waals surface area contributed by atoms with Crippen LogP contribution >= 0.6 is 11.3 Å². The molecule has 0 saturated heterocycles. The number of aryl methyl sites for hydroxylation is 2. The molecular weight excluding hydrogens is 310 g/mol. The van der Waals surface area contributed by atoms with Crippen LogP contribution in [0.2, 0.25) is 0 Å². The molecule has 1 aromatic carbocycles. The number of nitrogens with zero attached hydrogens (tertiary/aromatic N) is 2. The van der Waals surface area contributed by atoms with Crippen molar-refractivity contribution in [3.63, 3.8) is 0 Å². The van der Waals surface area contributed by atoms with Gasteiger partial charge in [0, 0.05) is 4.88 Å². The van der Waals surface area contributed by atoms with Crippen LogP contribution in [0.1, 0.15) is 34.8 Å². The molecule has 0 amide bonds. The van der Waals surface area contributed by atoms with E-state index in [1.54, 1.807) is 11.3 Å². The van der Waals surface area contributed by atoms with Gasteiger partial charge >= 0.3 is 5.97 Å². The molecule has 0 radical (unpaired) electrons. The smallest absolute Gasteiger partial charge is 0.320 e. The van der Waals surface area contributed by atoms with Gasteiger partial charge in [0.05, 0.1) is 28.7 Å². The molecule has 1 atom stereocenters. The molecule has 0 bridgehead atoms. The molecule has 6 heteroatoms. The van der Waals surface area contributed by atoms with Gasteiger partial charge in [-0.25, -0.2) is 4.98 Å². The lowest BCUT2D eigenvalue weighted by atomic mass is 9.89. The molecule has 0 spiro atoms. The minimum Gasteiger partial charge on any atom is -0.465 e. The van der Waals surface area contributed by atoms with E-state index >= 15 is 0 Å². The molecule has 0 fully saturated rings. The quantitative estimate of drug-likeness (QED) is 0.689. The van der Waals surface area contributed by atoms with Gasteiger partial charge in [0.2, 0.25) is 0 Å². The van der Waals surface area contributed by atoms with E-state index in [1.807, 2.05) is 44.2 Å². The van der Waals surface area contributed by atoms with E-state index in [4.69, 9.17) is 4.74 Å². The number of aromatic nitrogens is 1. The maximum absolute atomic E-state index is 12.4. The number of thiazole rings is 1. The minimum absolute atomic E-state index is 0.271. The number of benzene rings is 1. The summed E-state index contributed by atoms with van der Waals surface area (Å²) in [5.74, 6) is -0.771. The predicted molar refractivity (Wildman–Crippen MR) is 92.0 cm³/mol. The van der Waals surface area contributed by atoms with Crippen molar-refractivity contribution in [2.24, 2.45) is 5.10 Å². The number of carbonyl (C=O) groups is 1. The number of rotatable bonds is 4. The van der Waals surface area contributed by atoms with Gasteiger partial charge in [-0.05, 0) is 38.8 Å². The van der Waals surface area contributed by atoms with Crippen LogP contribution in [0.25, 0.3) is 0 Å². The van der Waals surface area contributed by atoms with Gasteiger partial charge in [-0.3, -0.25) is 10.2 Å². The highest BCUT2D eigenvalue weighted by molar-refractivity contribution is 7.11. The van der Waals surface area contributed by atoms with Gasteiger partial charge < -0.3 is 4.74 Å². The fourth-order valence-electron chi connectivity index (χ4n) is 2.68. The summed E-state index contributed by atoms with van der Waals surface area (Å²) in [6.45, 7) is 4.13. The number of hydrogen-bond donors (Lipinski definition) is 1. The number of fused-ring (bicyclic) bond motifs is 1. The molecule has 1 N–H and O–H groups in total. The van der Waals surface area contributed by atoms with Crippen LogP contribution in [0.15, 0.2) is 35.4 Å². The molecule has 23 heavy (non-hydrogen) atoms. The van der Waals surface area contributed by atoms with Gasteiger partial charge in [-0.2, -0.15) is 5.10 Å². The zero-order valence-corrected chi connectivity index (χ0v) is 14.0. The highest BCUT2D eigenvalue weighted by atomic mass is 32.1. The molecule has 1 aliphatic rings. The standard InChI is InChI=1S/C17H19N3O2S/c1-3-22-17(21)15-13(20-19-12-7-5-4-6-8-12)9-10-14-16(15)18-11(2)23-14/h4-8,15,19H,3,9-10H2,1-2H3/b20-13+. The maximum Gasteiger partial charge on any atom is 0.320 e. The molecule has 1 aromatic heterocycles. The monoisotopic (exact) mass is 329 g/mol. The molecule has 2 aromatic rings. The molecule has 0 saturated carbocycles. The highest BCUT2D eigenvalue weighted by Crippen LogP contribution is 2.34. The van der Waals surface area contributed by atoms with Crippen molar-refractivity contribution in [3.8, 4) is 0 Å². The van der Waals surface area contributed by atoms with Crippen LogP contribution in [0.5, 0.6) is 0 Å². The topological polar surface area (TPSA) is 63.6 Å². The number of para-hydroxylation sites is 1. The summed E-state index contributed by atoms with van der Waals surface area (Å²) < 4.78 is 5.25. The number of hydrazone groups is 1. The zero-order chi connectivity index (χ0) is 16.2. The first-order valence-electron chi connectivity index (χ1n) is 7.69. The van der Waals surface area contributed by atoms with E-state index in [9.17, 15) is 4.79 Å². The molecule has 120 valence electrons. The Hall–Kier alpha value is -2.21. The van der Waals surface area contributed by atoms with Crippen LogP contribution in [-0.4, -0.2) is 23.3 Å². The highest BCUT2D eigenvalue weighted by Gasteiger charge is 2.36. The van der Waals surface area contributed by atoms with Crippen LogP contribution in [0.4, 0.5) is 5.69 Å². The SMILES string of the molecule is CCOC(=O)C1/C(=N/Nc2ccccc2)CCc2sc(C)nc21. The first-order valence-corrected chi connectivity index (χ1v) is 8.51. The molecule has 3 rings (SSSR count). The summed E-state index contributed by atoms with van der Waals surface area (Å²) in [6, 6.07) is 9.70. The fraction of sp³-hybridized carbons (Fsp3) is 0.353. The summed E-state index contributed by atoms with van der Waals surface area (Å²) in [5.41, 5.74) is 5.52. The lowest BCUT2D eigenvalue weighted by Crippen LogP contribution is -2.29. The number of nitrogens with one attached hydrogen (secondary N) is 1. The Balaban J connectivity index is 1.90. The van der Waals surface area contributed by atoms with Crippen LogP contribution in [-0.2, 0) is 16.0 Å². The summed E-state index contributed by atoms with van der Waals surface area (Å²) in [6.07, 6.45) is 1.60. The lowest BCUT2D eigenvalue weighted by Gasteiger charge is -2.22. The van der Waals surface area contributed by atoms with Gasteiger partial charge in [-0.1, -0.05) is 18.2 Å². The lowest BCUT2D eigenvalue weighted by molar-refractivity contribution is -0.143. The van der Waals surface area contributed by atoms with Crippen LogP contribution in [0.3, 0.4) is 0 Å². The van der Waals surface area contributed by atoms with Crippen molar-refractivity contribution in [3.05, 3.63) is 45.9 Å². The second-order valence-electron chi connectivity index (χ2n) is 5.31. The first-order chi connectivity index (χ1) is 11.2. The number of anilines is 1. The van der Waals surface area contributed by atoms with Crippen LogP contribution < -0.4 is 5.43 Å². The third-order valence-electron chi connectivity index (χ3n) is 3.67. The normalized spacial score (nSPS) is 18.5. The van der Waals surface area contributed by atoms with Gasteiger partial charge in [-0.15, -0.1) is 11.3 Å². The van der Waals surface area contributed by atoms with E-state index in [0.29, 0.717) is 6.61 Å². The predicted octanol–water partition coefficient (Wildman–Crippen LogP) is 3.51. The van der Waals surface area contributed by atoms with E-state index in [2.05, 4.69) is 15.5 Å². The van der Waals surface area contributed by atoms with E-state index in [1.165, 1.54) is 4.88 Å². The summed E-state index contributed by atoms with van der Waals surface area (Å²) in [4.78, 5) is 18.1. The molecule has 1 unspecified atom stereocenters. The van der Waals surface area contributed by atoms with Crippen molar-refractivity contribution >= 4 is 28.7 Å². The Morgan fingerprint density at radius 2 is 2.17 bits per heavy atom. The number of hydrogen-bond acceptors (Lipinski definition) is 6. The Kier molecular flexibility index (Phi) is 4.71. The van der Waals surface area contributed by atoms with Gasteiger partial charge in [0.1, 0.15) is 5.92 Å². The first kappa shape index (κ1) is 15.7. The second kappa shape index (κ2) is 6.91. The average molecular weight is 329 g/mol. The van der Waals surface area contributed by atoms with Crippen molar-refractivity contribution in [2.45, 2.75) is 32.6 Å². The Bertz CT molecular complexity index is 725. The second-order valence-corrected chi connectivity index (χ2v) is 6.60. The molecule has 0 aliphatic heterocycles. The third kappa shape index (κ3) is 3.42. The zero-order valence-electron chi connectivity index (χ0n) is 13.2. The van der Waals surface area contributed by atoms with Gasteiger partial charge in [0.15, 0.2) is 0 Å². The maximum atomic E-state index is 12.4. The number of carbonyl (C=O) groups excluding carboxylic acids is 1. The van der Waals surface area contributed by atoms with Crippen molar-refractivity contribution in [2.75, 3.05) is 12.0 Å². The van der Waals surface area contributed by atoms with Gasteiger partial charge in [0.25, 0.3) is 0 Å². The molecule has 5 nitrogen and oxygen atoms in total. The van der Waals surface area contributed by atoms with Crippen molar-refractivity contribution in [1.29, 1.82) is 0 Å². The van der Waals surface area contributed by atoms with Crippen molar-refractivity contribution in [1.82, 2.24) is 4.98 Å². The number of esters is 1. The van der Waals surface area contributed by atoms with Crippen molar-refractivity contribution < 1.29 is 9.53 Å². The van der Waals surface area contributed by atoms with Crippen LogP contribution in [0, 0.1) is 6.92 Å². The molecular formula is C17H19N3O2S. The Labute approximate surface area is 139 Å². The summed E-state index contributed by atoms with van der Waals surface area (Å²) >= 11 is 1.65. The molecule has 1 heterocycles. The van der Waals surface area contributed by atoms with E-state index < -0.39 is 5.92 Å². The summed E-state index contributed by atoms with van der Waals surface area (Å²) in [5, 5.41) is 5.45. The Morgan fingerprint density at radius 3 is 2.91 bits per heavy atom. The minimum atomic E-state index is -0.500. The molecule has 1 aliphatic carbocycles. The number of ether oxygens (including phenoxy) is 1. The van der Waals surface area contributed by atoms with E-state index in [-0.39, 0.29) is 5.97 Å². The average Bonchev–Trinajstić information content (AvgIpc) is 2.93. The fourth-order valence-corrected chi connectivity index (χ4v) is 3.65.